The molecule has 0 atom stereocenters. The Hall–Kier alpha value is -5.31. The highest BCUT2D eigenvalue weighted by Gasteiger charge is 2.29. The van der Waals surface area contributed by atoms with Gasteiger partial charge in [-0.05, 0) is 87.6 Å². The Labute approximate surface area is 298 Å². The van der Waals surface area contributed by atoms with Gasteiger partial charge in [0.1, 0.15) is 0 Å². The molecular weight excluding hydrogens is 664 g/mol. The first kappa shape index (κ1) is 29.6. The molecule has 10 aromatic rings. The number of benzene rings is 8. The summed E-state index contributed by atoms with van der Waals surface area (Å²) >= 11 is 3.71. The summed E-state index contributed by atoms with van der Waals surface area (Å²) in [4.78, 5) is 0. The van der Waals surface area contributed by atoms with Crippen LogP contribution in [0.4, 0.5) is 0 Å². The molecular formula is C46H29OPS2. The van der Waals surface area contributed by atoms with Crippen LogP contribution < -0.4 is 15.9 Å². The maximum Gasteiger partial charge on any atom is 0.171 e. The monoisotopic (exact) mass is 692 g/mol. The van der Waals surface area contributed by atoms with Crippen molar-refractivity contribution in [1.82, 2.24) is 0 Å². The van der Waals surface area contributed by atoms with Crippen LogP contribution in [0.5, 0.6) is 0 Å². The Balaban J connectivity index is 1.04. The van der Waals surface area contributed by atoms with Gasteiger partial charge >= 0.3 is 0 Å². The molecule has 10 rings (SSSR count). The molecule has 0 fully saturated rings. The third-order valence-electron chi connectivity index (χ3n) is 9.94. The molecule has 0 N–H and O–H groups in total. The summed E-state index contributed by atoms with van der Waals surface area (Å²) in [6.07, 6.45) is 0. The molecule has 2 aromatic heterocycles. The summed E-state index contributed by atoms with van der Waals surface area (Å²) < 4.78 is 20.2. The van der Waals surface area contributed by atoms with Gasteiger partial charge in [-0.1, -0.05) is 121 Å². The first-order valence-corrected chi connectivity index (χ1v) is 20.1. The van der Waals surface area contributed by atoms with E-state index >= 15 is 0 Å². The van der Waals surface area contributed by atoms with Gasteiger partial charge in [0.05, 0.1) is 0 Å². The average molecular weight is 693 g/mol. The molecule has 0 aliphatic carbocycles. The molecule has 0 saturated heterocycles. The molecule has 2 heterocycles. The largest absolute Gasteiger partial charge is 0.309 e. The Morgan fingerprint density at radius 2 is 0.740 bits per heavy atom. The third-order valence-corrected chi connectivity index (χ3v) is 15.3. The van der Waals surface area contributed by atoms with Gasteiger partial charge in [0.15, 0.2) is 7.14 Å². The lowest BCUT2D eigenvalue weighted by Gasteiger charge is -2.20. The minimum absolute atomic E-state index is 0.849. The van der Waals surface area contributed by atoms with Crippen molar-refractivity contribution in [3.05, 3.63) is 176 Å². The van der Waals surface area contributed by atoms with Crippen LogP contribution in [0.25, 0.3) is 73.4 Å². The summed E-state index contributed by atoms with van der Waals surface area (Å²) in [7, 11) is -3.04. The Morgan fingerprint density at radius 1 is 0.320 bits per heavy atom. The molecule has 8 aromatic carbocycles. The van der Waals surface area contributed by atoms with Crippen molar-refractivity contribution in [3.63, 3.8) is 0 Å². The number of fused-ring (bicyclic) bond motifs is 7. The highest BCUT2D eigenvalue weighted by molar-refractivity contribution is 7.85. The minimum atomic E-state index is -3.04. The van der Waals surface area contributed by atoms with E-state index in [4.69, 9.17) is 0 Å². The van der Waals surface area contributed by atoms with E-state index in [0.29, 0.717) is 0 Å². The molecule has 0 radical (unpaired) electrons. The lowest BCUT2D eigenvalue weighted by Crippen LogP contribution is -2.24. The number of hydrogen-bond acceptors (Lipinski definition) is 3. The zero-order valence-corrected chi connectivity index (χ0v) is 29.4. The lowest BCUT2D eigenvalue weighted by molar-refractivity contribution is 0.592. The topological polar surface area (TPSA) is 17.1 Å². The standard InChI is InChI=1S/C46H29OPS2/c47-48(36-9-3-1-4-10-36,37-11-5-2-6-12-37)38-21-17-31-25-30(15-16-32(31)26-38)33-18-23-45-41(28-33)42-29-35(20-24-46(42)50-45)34-19-22-44-40(27-34)39-13-7-8-14-43(39)49-44/h1-29H. The Bertz CT molecular complexity index is 2910. The van der Waals surface area contributed by atoms with Crippen molar-refractivity contribution in [1.29, 1.82) is 0 Å². The summed E-state index contributed by atoms with van der Waals surface area (Å²) in [5.74, 6) is 0. The van der Waals surface area contributed by atoms with E-state index < -0.39 is 7.14 Å². The SMILES string of the molecule is O=P(c1ccccc1)(c1ccccc1)c1ccc2cc(-c3ccc4sc5ccc(-c6ccc7sc8ccccc8c7c6)cc5c4c3)ccc2c1. The van der Waals surface area contributed by atoms with Crippen molar-refractivity contribution in [2.45, 2.75) is 0 Å². The summed E-state index contributed by atoms with van der Waals surface area (Å²) in [6, 6.07) is 62.1. The van der Waals surface area contributed by atoms with Crippen LogP contribution in [0, 0.1) is 0 Å². The van der Waals surface area contributed by atoms with E-state index in [2.05, 4.69) is 115 Å². The molecule has 0 amide bonds. The van der Waals surface area contributed by atoms with Gasteiger partial charge in [0, 0.05) is 56.3 Å². The molecule has 50 heavy (non-hydrogen) atoms. The zero-order valence-electron chi connectivity index (χ0n) is 26.9. The number of rotatable bonds is 5. The van der Waals surface area contributed by atoms with Crippen LogP contribution in [0.15, 0.2) is 176 Å². The van der Waals surface area contributed by atoms with Gasteiger partial charge in [-0.3, -0.25) is 0 Å². The molecule has 0 aliphatic heterocycles. The lowest BCUT2D eigenvalue weighted by atomic mass is 9.98. The molecule has 236 valence electrons. The summed E-state index contributed by atoms with van der Waals surface area (Å²) in [5, 5.41) is 10.00. The predicted octanol–water partition coefficient (Wildman–Crippen LogP) is 12.5. The molecule has 4 heteroatoms. The van der Waals surface area contributed by atoms with Gasteiger partial charge in [0.2, 0.25) is 0 Å². The summed E-state index contributed by atoms with van der Waals surface area (Å²) in [5.41, 5.74) is 4.85. The Morgan fingerprint density at radius 3 is 1.32 bits per heavy atom. The third kappa shape index (κ3) is 4.77. The van der Waals surface area contributed by atoms with Crippen molar-refractivity contribution < 1.29 is 4.57 Å². The first-order chi connectivity index (χ1) is 24.6. The fourth-order valence-corrected chi connectivity index (χ4v) is 12.2. The maximum atomic E-state index is 15.0. The quantitative estimate of drug-likeness (QED) is 0.164. The van der Waals surface area contributed by atoms with Crippen LogP contribution in [-0.4, -0.2) is 0 Å². The number of hydrogen-bond donors (Lipinski definition) is 0. The summed E-state index contributed by atoms with van der Waals surface area (Å²) in [6.45, 7) is 0. The van der Waals surface area contributed by atoms with Gasteiger partial charge in [-0.15, -0.1) is 22.7 Å². The molecule has 1 nitrogen and oxygen atoms in total. The van der Waals surface area contributed by atoms with E-state index in [-0.39, 0.29) is 0 Å². The fraction of sp³-hybridized carbons (Fsp3) is 0. The van der Waals surface area contributed by atoms with Crippen molar-refractivity contribution in [2.75, 3.05) is 0 Å². The second kappa shape index (κ2) is 11.6. The molecule has 0 bridgehead atoms. The van der Waals surface area contributed by atoms with E-state index in [0.717, 1.165) is 26.7 Å². The van der Waals surface area contributed by atoms with Gasteiger partial charge in [-0.25, -0.2) is 0 Å². The molecule has 0 aliphatic rings. The van der Waals surface area contributed by atoms with Crippen LogP contribution in [-0.2, 0) is 4.57 Å². The maximum absolute atomic E-state index is 15.0. The Kier molecular flexibility index (Phi) is 6.89. The van der Waals surface area contributed by atoms with Gasteiger partial charge in [-0.2, -0.15) is 0 Å². The zero-order chi connectivity index (χ0) is 33.2. The minimum Gasteiger partial charge on any atom is -0.309 e. The predicted molar refractivity (Wildman–Crippen MR) is 220 cm³/mol. The first-order valence-electron chi connectivity index (χ1n) is 16.8. The van der Waals surface area contributed by atoms with Crippen molar-refractivity contribution in [3.8, 4) is 22.3 Å². The highest BCUT2D eigenvalue weighted by Crippen LogP contribution is 2.44. The van der Waals surface area contributed by atoms with Crippen molar-refractivity contribution >= 4 is 96.8 Å². The fourth-order valence-electron chi connectivity index (χ4n) is 7.37. The normalized spacial score (nSPS) is 12.1. The van der Waals surface area contributed by atoms with Crippen LogP contribution in [0.2, 0.25) is 0 Å². The average Bonchev–Trinajstić information content (AvgIpc) is 3.75. The second-order valence-electron chi connectivity index (χ2n) is 12.9. The molecule has 0 spiro atoms. The van der Waals surface area contributed by atoms with Gasteiger partial charge in [0.25, 0.3) is 0 Å². The van der Waals surface area contributed by atoms with Gasteiger partial charge < -0.3 is 4.57 Å². The van der Waals surface area contributed by atoms with E-state index in [1.54, 1.807) is 0 Å². The van der Waals surface area contributed by atoms with E-state index in [9.17, 15) is 4.57 Å². The van der Waals surface area contributed by atoms with Crippen molar-refractivity contribution in [2.24, 2.45) is 0 Å². The van der Waals surface area contributed by atoms with Crippen LogP contribution >= 0.6 is 29.8 Å². The molecule has 0 saturated carbocycles. The van der Waals surface area contributed by atoms with Crippen LogP contribution in [0.3, 0.4) is 0 Å². The second-order valence-corrected chi connectivity index (χ2v) is 17.8. The number of thiophene rings is 2. The highest BCUT2D eigenvalue weighted by atomic mass is 32.1. The van der Waals surface area contributed by atoms with E-state index in [1.165, 1.54) is 62.6 Å². The van der Waals surface area contributed by atoms with E-state index in [1.807, 2.05) is 83.3 Å². The molecule has 0 unspecified atom stereocenters. The smallest absolute Gasteiger partial charge is 0.171 e. The van der Waals surface area contributed by atoms with Crippen LogP contribution in [0.1, 0.15) is 0 Å².